The minimum absolute atomic E-state index is 0.0678. The first-order valence-corrected chi connectivity index (χ1v) is 11.5. The van der Waals surface area contributed by atoms with Crippen LogP contribution in [-0.4, -0.2) is 42.2 Å². The number of amides is 1. The second kappa shape index (κ2) is 8.94. The number of benzene rings is 1. The molecule has 162 valence electrons. The van der Waals surface area contributed by atoms with Gasteiger partial charge in [-0.05, 0) is 49.6 Å². The molecule has 0 atom stereocenters. The number of sulfonamides is 1. The van der Waals surface area contributed by atoms with Gasteiger partial charge in [0.25, 0.3) is 5.91 Å². The topological polar surface area (TPSA) is 79.4 Å². The maximum absolute atomic E-state index is 13.0. The molecule has 1 amide bonds. The molecule has 1 fully saturated rings. The van der Waals surface area contributed by atoms with Crippen LogP contribution in [0.5, 0.6) is 0 Å². The lowest BCUT2D eigenvalue weighted by molar-refractivity contribution is -0.0329. The molecule has 0 unspecified atom stereocenters. The van der Waals surface area contributed by atoms with Crippen LogP contribution in [0.15, 0.2) is 46.5 Å². The van der Waals surface area contributed by atoms with Crippen LogP contribution in [0.1, 0.15) is 35.2 Å². The second-order valence-electron chi connectivity index (χ2n) is 6.80. The van der Waals surface area contributed by atoms with E-state index in [1.807, 2.05) is 0 Å². The summed E-state index contributed by atoms with van der Waals surface area (Å²) < 4.78 is 65.6. The first-order chi connectivity index (χ1) is 14.1. The number of anilines is 1. The summed E-state index contributed by atoms with van der Waals surface area (Å²) in [5.41, 5.74) is -4.15. The summed E-state index contributed by atoms with van der Waals surface area (Å²) in [6.07, 6.45) is 3.72. The minimum Gasteiger partial charge on any atom is -0.322 e. The number of rotatable bonds is 5. The Morgan fingerprint density at radius 3 is 2.53 bits per heavy atom. The van der Waals surface area contributed by atoms with Gasteiger partial charge in [-0.2, -0.15) is 17.5 Å². The van der Waals surface area contributed by atoms with Gasteiger partial charge in [0.1, 0.15) is 5.03 Å². The molecular weight excluding hydrogens is 439 g/mol. The van der Waals surface area contributed by atoms with Crippen LogP contribution in [0.25, 0.3) is 0 Å². The van der Waals surface area contributed by atoms with Crippen molar-refractivity contribution in [1.82, 2.24) is 9.29 Å². The molecular formula is C19H20F3N3O3S2. The van der Waals surface area contributed by atoms with Crippen LogP contribution in [0.4, 0.5) is 18.9 Å². The maximum atomic E-state index is 13.0. The predicted octanol–water partition coefficient (Wildman–Crippen LogP) is 4.43. The molecule has 1 aliphatic rings. The number of nitrogens with zero attached hydrogens (tertiary/aromatic N) is 2. The predicted molar refractivity (Wildman–Crippen MR) is 108 cm³/mol. The van der Waals surface area contributed by atoms with Crippen molar-refractivity contribution in [2.45, 2.75) is 41.6 Å². The highest BCUT2D eigenvalue weighted by atomic mass is 32.2. The van der Waals surface area contributed by atoms with Crippen LogP contribution in [0, 0.1) is 6.92 Å². The van der Waals surface area contributed by atoms with Gasteiger partial charge in [0.2, 0.25) is 10.0 Å². The number of aryl methyl sites for hydroxylation is 1. The summed E-state index contributed by atoms with van der Waals surface area (Å²) >= 11 is -0.480. The Balaban J connectivity index is 1.87. The molecule has 3 rings (SSSR count). The third-order valence-electron chi connectivity index (χ3n) is 4.61. The van der Waals surface area contributed by atoms with Gasteiger partial charge in [0.05, 0.1) is 10.5 Å². The maximum Gasteiger partial charge on any atom is 0.447 e. The van der Waals surface area contributed by atoms with Crippen LogP contribution in [-0.2, 0) is 10.0 Å². The van der Waals surface area contributed by atoms with Gasteiger partial charge in [0, 0.05) is 36.7 Å². The first-order valence-electron chi connectivity index (χ1n) is 9.21. The van der Waals surface area contributed by atoms with E-state index < -0.39 is 38.2 Å². The molecule has 1 aliphatic heterocycles. The number of nitrogens with one attached hydrogen (secondary N) is 1. The number of aromatic nitrogens is 1. The summed E-state index contributed by atoms with van der Waals surface area (Å²) in [5, 5.41) is 2.01. The van der Waals surface area contributed by atoms with E-state index in [2.05, 4.69) is 10.3 Å². The van der Waals surface area contributed by atoms with Crippen molar-refractivity contribution in [2.24, 2.45) is 0 Å². The van der Waals surface area contributed by atoms with Crippen molar-refractivity contribution in [2.75, 3.05) is 18.4 Å². The van der Waals surface area contributed by atoms with Gasteiger partial charge in [0.15, 0.2) is 0 Å². The van der Waals surface area contributed by atoms with E-state index in [4.69, 9.17) is 0 Å². The fourth-order valence-electron chi connectivity index (χ4n) is 3.15. The number of thioether (sulfide) groups is 1. The number of hydrogen-bond acceptors (Lipinski definition) is 5. The number of hydrogen-bond donors (Lipinski definition) is 1. The highest BCUT2D eigenvalue weighted by Crippen LogP contribution is 2.37. The summed E-state index contributed by atoms with van der Waals surface area (Å²) in [6.45, 7) is 2.53. The largest absolute Gasteiger partial charge is 0.447 e. The highest BCUT2D eigenvalue weighted by molar-refractivity contribution is 8.00. The second-order valence-corrected chi connectivity index (χ2v) is 9.76. The first kappa shape index (κ1) is 22.6. The normalized spacial score (nSPS) is 15.7. The SMILES string of the molecule is Cc1ccc(NC(=O)c2cccnc2SC(F)(F)F)cc1S(=O)(=O)N1CCCCC1. The van der Waals surface area contributed by atoms with Crippen LogP contribution in [0.3, 0.4) is 0 Å². The lowest BCUT2D eigenvalue weighted by atomic mass is 10.2. The van der Waals surface area contributed by atoms with Crippen LogP contribution < -0.4 is 5.32 Å². The molecule has 0 saturated carbocycles. The van der Waals surface area contributed by atoms with E-state index in [0.29, 0.717) is 18.7 Å². The number of alkyl halides is 3. The highest BCUT2D eigenvalue weighted by Gasteiger charge is 2.32. The minimum atomic E-state index is -4.59. The zero-order valence-electron chi connectivity index (χ0n) is 16.1. The number of carbonyl (C=O) groups excluding carboxylic acids is 1. The molecule has 30 heavy (non-hydrogen) atoms. The molecule has 0 aliphatic carbocycles. The Kier molecular flexibility index (Phi) is 6.73. The van der Waals surface area contributed by atoms with Gasteiger partial charge >= 0.3 is 5.51 Å². The number of carbonyl (C=O) groups is 1. The summed E-state index contributed by atoms with van der Waals surface area (Å²) in [5.74, 6) is -0.806. The fraction of sp³-hybridized carbons (Fsp3) is 0.368. The number of halogens is 3. The molecule has 11 heteroatoms. The zero-order chi connectivity index (χ0) is 21.9. The van der Waals surface area contributed by atoms with E-state index in [9.17, 15) is 26.4 Å². The van der Waals surface area contributed by atoms with Crippen LogP contribution >= 0.6 is 11.8 Å². The summed E-state index contributed by atoms with van der Waals surface area (Å²) in [6, 6.07) is 6.99. The van der Waals surface area contributed by atoms with E-state index in [1.54, 1.807) is 13.0 Å². The standard InChI is InChI=1S/C19H20F3N3O3S2/c1-13-7-8-14(12-16(13)30(27,28)25-10-3-2-4-11-25)24-17(26)15-6-5-9-23-18(15)29-19(20,21)22/h5-9,12H,2-4,10-11H2,1H3,(H,24,26). The quantitative estimate of drug-likeness (QED) is 0.670. The molecule has 2 heterocycles. The Bertz CT molecular complexity index is 1040. The van der Waals surface area contributed by atoms with Crippen molar-refractivity contribution in [3.05, 3.63) is 47.7 Å². The fourth-order valence-corrected chi connectivity index (χ4v) is 5.52. The molecule has 1 saturated heterocycles. The van der Waals surface area contributed by atoms with Crippen LogP contribution in [0.2, 0.25) is 0 Å². The molecule has 2 aromatic rings. The molecule has 6 nitrogen and oxygen atoms in total. The van der Waals surface area contributed by atoms with E-state index >= 15 is 0 Å². The van der Waals surface area contributed by atoms with Gasteiger partial charge < -0.3 is 5.32 Å². The van der Waals surface area contributed by atoms with E-state index in [-0.39, 0.29) is 16.1 Å². The Morgan fingerprint density at radius 1 is 1.17 bits per heavy atom. The Morgan fingerprint density at radius 2 is 1.87 bits per heavy atom. The van der Waals surface area contributed by atoms with Gasteiger partial charge in [-0.1, -0.05) is 12.5 Å². The van der Waals surface area contributed by atoms with Crippen molar-refractivity contribution < 1.29 is 26.4 Å². The third kappa shape index (κ3) is 5.32. The molecule has 1 N–H and O–H groups in total. The average molecular weight is 460 g/mol. The van der Waals surface area contributed by atoms with Gasteiger partial charge in [-0.3, -0.25) is 4.79 Å². The Labute approximate surface area is 176 Å². The molecule has 0 bridgehead atoms. The molecule has 0 spiro atoms. The summed E-state index contributed by atoms with van der Waals surface area (Å²) in [7, 11) is -3.73. The lowest BCUT2D eigenvalue weighted by Crippen LogP contribution is -2.36. The zero-order valence-corrected chi connectivity index (χ0v) is 17.7. The van der Waals surface area contributed by atoms with E-state index in [1.165, 1.54) is 34.8 Å². The number of piperidine rings is 1. The van der Waals surface area contributed by atoms with Gasteiger partial charge in [-0.15, -0.1) is 0 Å². The van der Waals surface area contributed by atoms with E-state index in [0.717, 1.165) is 19.3 Å². The molecule has 1 aromatic carbocycles. The molecule has 1 aromatic heterocycles. The van der Waals surface area contributed by atoms with Crippen molar-refractivity contribution in [1.29, 1.82) is 0 Å². The van der Waals surface area contributed by atoms with Crippen molar-refractivity contribution in [3.8, 4) is 0 Å². The number of pyridine rings is 1. The van der Waals surface area contributed by atoms with Crippen molar-refractivity contribution >= 4 is 33.4 Å². The Hall–Kier alpha value is -2.11. The smallest absolute Gasteiger partial charge is 0.322 e. The molecule has 0 radical (unpaired) electrons. The monoisotopic (exact) mass is 459 g/mol. The third-order valence-corrected chi connectivity index (χ3v) is 7.40. The van der Waals surface area contributed by atoms with Gasteiger partial charge in [-0.25, -0.2) is 13.4 Å². The summed E-state index contributed by atoms with van der Waals surface area (Å²) in [4.78, 5) is 16.3. The van der Waals surface area contributed by atoms with Crippen molar-refractivity contribution in [3.63, 3.8) is 0 Å². The average Bonchev–Trinajstić information content (AvgIpc) is 2.69. The lowest BCUT2D eigenvalue weighted by Gasteiger charge is -2.26.